The van der Waals surface area contributed by atoms with Gasteiger partial charge in [-0.05, 0) is 51.2 Å². The fourth-order valence-corrected chi connectivity index (χ4v) is 3.74. The van der Waals surface area contributed by atoms with Crippen LogP contribution >= 0.6 is 0 Å². The maximum Gasteiger partial charge on any atom is 0.0767 e. The van der Waals surface area contributed by atoms with Crippen LogP contribution in [-0.2, 0) is 26.2 Å². The molecular formula is C21H28N6. The van der Waals surface area contributed by atoms with Crippen molar-refractivity contribution >= 4 is 0 Å². The van der Waals surface area contributed by atoms with Crippen molar-refractivity contribution in [3.05, 3.63) is 65.2 Å². The van der Waals surface area contributed by atoms with Crippen LogP contribution in [0.5, 0.6) is 0 Å². The van der Waals surface area contributed by atoms with E-state index in [4.69, 9.17) is 5.10 Å². The lowest BCUT2D eigenvalue weighted by Gasteiger charge is -2.18. The highest BCUT2D eigenvalue weighted by Gasteiger charge is 2.17. The molecule has 0 N–H and O–H groups in total. The first kappa shape index (κ1) is 17.9. The molecule has 0 amide bonds. The summed E-state index contributed by atoms with van der Waals surface area (Å²) in [6.45, 7) is 6.95. The third-order valence-corrected chi connectivity index (χ3v) is 4.93. The van der Waals surface area contributed by atoms with E-state index in [9.17, 15) is 0 Å². The summed E-state index contributed by atoms with van der Waals surface area (Å²) in [6.07, 6.45) is 5.26. The standard InChI is InChI=1S/C21H28N6/c1-17-6-4-7-20(10-17)27-14-18(12-22-27)13-25-8-5-9-26-21(16-25)11-19(23-26)15-24(2)3/h4,6-7,10-12,14H,5,8-9,13,15-16H2,1-3H3. The van der Waals surface area contributed by atoms with Gasteiger partial charge in [0.2, 0.25) is 0 Å². The number of aromatic nitrogens is 4. The van der Waals surface area contributed by atoms with Crippen LogP contribution in [0.25, 0.3) is 5.69 Å². The van der Waals surface area contributed by atoms with Gasteiger partial charge in [-0.1, -0.05) is 12.1 Å². The normalized spacial score (nSPS) is 15.1. The summed E-state index contributed by atoms with van der Waals surface area (Å²) in [5.74, 6) is 0. The summed E-state index contributed by atoms with van der Waals surface area (Å²) < 4.78 is 4.16. The average molecular weight is 364 g/mol. The third-order valence-electron chi connectivity index (χ3n) is 4.93. The Hall–Kier alpha value is -2.44. The minimum atomic E-state index is 0.892. The molecule has 1 aromatic carbocycles. The molecule has 0 aliphatic carbocycles. The van der Waals surface area contributed by atoms with Crippen LogP contribution in [0.4, 0.5) is 0 Å². The predicted octanol–water partition coefficient (Wildman–Crippen LogP) is 2.84. The molecule has 3 heterocycles. The molecule has 0 fully saturated rings. The molecule has 0 spiro atoms. The Kier molecular flexibility index (Phi) is 5.09. The molecule has 3 aromatic rings. The highest BCUT2D eigenvalue weighted by Crippen LogP contribution is 2.18. The summed E-state index contributed by atoms with van der Waals surface area (Å²) >= 11 is 0. The minimum Gasteiger partial charge on any atom is -0.304 e. The van der Waals surface area contributed by atoms with Gasteiger partial charge in [-0.25, -0.2) is 4.68 Å². The lowest BCUT2D eigenvalue weighted by molar-refractivity contribution is 0.261. The van der Waals surface area contributed by atoms with Gasteiger partial charge in [-0.15, -0.1) is 0 Å². The highest BCUT2D eigenvalue weighted by atomic mass is 15.3. The molecule has 1 aliphatic rings. The van der Waals surface area contributed by atoms with Gasteiger partial charge < -0.3 is 4.90 Å². The second-order valence-electron chi connectivity index (χ2n) is 7.78. The molecule has 0 bridgehead atoms. The van der Waals surface area contributed by atoms with Gasteiger partial charge in [-0.2, -0.15) is 10.2 Å². The van der Waals surface area contributed by atoms with Crippen molar-refractivity contribution < 1.29 is 0 Å². The van der Waals surface area contributed by atoms with Crippen molar-refractivity contribution in [1.29, 1.82) is 0 Å². The van der Waals surface area contributed by atoms with Gasteiger partial charge >= 0.3 is 0 Å². The summed E-state index contributed by atoms with van der Waals surface area (Å²) in [5.41, 5.74) is 6.08. The van der Waals surface area contributed by atoms with E-state index in [1.807, 2.05) is 10.9 Å². The second-order valence-corrected chi connectivity index (χ2v) is 7.78. The fraction of sp³-hybridized carbons (Fsp3) is 0.429. The first-order valence-corrected chi connectivity index (χ1v) is 9.60. The lowest BCUT2D eigenvalue weighted by Crippen LogP contribution is -2.22. The van der Waals surface area contributed by atoms with E-state index in [1.165, 1.54) is 16.8 Å². The van der Waals surface area contributed by atoms with E-state index in [0.717, 1.165) is 50.5 Å². The summed E-state index contributed by atoms with van der Waals surface area (Å²) in [7, 11) is 4.17. The summed E-state index contributed by atoms with van der Waals surface area (Å²) in [4.78, 5) is 4.66. The van der Waals surface area contributed by atoms with E-state index >= 15 is 0 Å². The zero-order chi connectivity index (χ0) is 18.8. The van der Waals surface area contributed by atoms with Crippen molar-refractivity contribution in [2.45, 2.75) is 39.5 Å². The van der Waals surface area contributed by atoms with Crippen LogP contribution in [0.3, 0.4) is 0 Å². The SMILES string of the molecule is Cc1cccc(-n2cc(CN3CCCn4nc(CN(C)C)cc4C3)cn2)c1. The Morgan fingerprint density at radius 2 is 2.04 bits per heavy atom. The highest BCUT2D eigenvalue weighted by molar-refractivity contribution is 5.35. The fourth-order valence-electron chi connectivity index (χ4n) is 3.74. The average Bonchev–Trinajstić information content (AvgIpc) is 3.17. The number of rotatable bonds is 5. The van der Waals surface area contributed by atoms with Gasteiger partial charge in [0.1, 0.15) is 0 Å². The van der Waals surface area contributed by atoms with Crippen LogP contribution in [0.2, 0.25) is 0 Å². The molecule has 6 nitrogen and oxygen atoms in total. The Balaban J connectivity index is 1.46. The Morgan fingerprint density at radius 3 is 2.85 bits per heavy atom. The van der Waals surface area contributed by atoms with Gasteiger partial charge in [0.15, 0.2) is 0 Å². The van der Waals surface area contributed by atoms with Gasteiger partial charge in [0, 0.05) is 44.5 Å². The van der Waals surface area contributed by atoms with Crippen molar-refractivity contribution in [3.63, 3.8) is 0 Å². The molecular weight excluding hydrogens is 336 g/mol. The van der Waals surface area contributed by atoms with E-state index in [2.05, 4.69) is 77.1 Å². The number of aryl methyl sites for hydroxylation is 2. The van der Waals surface area contributed by atoms with Crippen molar-refractivity contribution in [3.8, 4) is 5.69 Å². The zero-order valence-electron chi connectivity index (χ0n) is 16.5. The smallest absolute Gasteiger partial charge is 0.0767 e. The molecule has 1 aliphatic heterocycles. The monoisotopic (exact) mass is 364 g/mol. The molecule has 0 saturated carbocycles. The topological polar surface area (TPSA) is 42.1 Å². The Morgan fingerprint density at radius 1 is 1.15 bits per heavy atom. The van der Waals surface area contributed by atoms with Gasteiger partial charge in [0.05, 0.1) is 23.3 Å². The molecule has 6 heteroatoms. The quantitative estimate of drug-likeness (QED) is 0.698. The summed E-state index contributed by atoms with van der Waals surface area (Å²) in [6, 6.07) is 10.7. The van der Waals surface area contributed by atoms with E-state index in [0.29, 0.717) is 0 Å². The molecule has 142 valence electrons. The van der Waals surface area contributed by atoms with Crippen LogP contribution in [-0.4, -0.2) is 50.0 Å². The molecule has 4 rings (SSSR count). The van der Waals surface area contributed by atoms with E-state index in [-0.39, 0.29) is 0 Å². The van der Waals surface area contributed by atoms with Crippen molar-refractivity contribution in [1.82, 2.24) is 29.4 Å². The van der Waals surface area contributed by atoms with Crippen molar-refractivity contribution in [2.75, 3.05) is 20.6 Å². The van der Waals surface area contributed by atoms with Crippen LogP contribution < -0.4 is 0 Å². The number of hydrogen-bond donors (Lipinski definition) is 0. The third kappa shape index (κ3) is 4.28. The molecule has 27 heavy (non-hydrogen) atoms. The van der Waals surface area contributed by atoms with Crippen LogP contribution in [0.1, 0.15) is 28.9 Å². The first-order valence-electron chi connectivity index (χ1n) is 9.60. The zero-order valence-corrected chi connectivity index (χ0v) is 16.5. The Labute approximate surface area is 161 Å². The minimum absolute atomic E-state index is 0.892. The molecule has 2 aromatic heterocycles. The van der Waals surface area contributed by atoms with Crippen molar-refractivity contribution in [2.24, 2.45) is 0 Å². The molecule has 0 radical (unpaired) electrons. The maximum atomic E-state index is 4.78. The Bertz CT molecular complexity index is 907. The number of hydrogen-bond acceptors (Lipinski definition) is 4. The van der Waals surface area contributed by atoms with Gasteiger partial charge in [-0.3, -0.25) is 9.58 Å². The largest absolute Gasteiger partial charge is 0.304 e. The van der Waals surface area contributed by atoms with E-state index < -0.39 is 0 Å². The predicted molar refractivity (Wildman–Crippen MR) is 107 cm³/mol. The second kappa shape index (κ2) is 7.66. The first-order chi connectivity index (χ1) is 13.1. The molecule has 0 atom stereocenters. The van der Waals surface area contributed by atoms with Gasteiger partial charge in [0.25, 0.3) is 0 Å². The molecule has 0 saturated heterocycles. The molecule has 0 unspecified atom stereocenters. The summed E-state index contributed by atoms with van der Waals surface area (Å²) in [5, 5.41) is 9.34. The maximum absolute atomic E-state index is 4.78. The lowest BCUT2D eigenvalue weighted by atomic mass is 10.2. The number of benzene rings is 1. The van der Waals surface area contributed by atoms with Crippen LogP contribution in [0, 0.1) is 6.92 Å². The van der Waals surface area contributed by atoms with Crippen LogP contribution in [0.15, 0.2) is 42.7 Å². The van der Waals surface area contributed by atoms with E-state index in [1.54, 1.807) is 0 Å². The number of fused-ring (bicyclic) bond motifs is 1. The number of nitrogens with zero attached hydrogens (tertiary/aromatic N) is 6.